The SMILES string of the molecule is NS(=O)(=O)c1ccccc1NCCC1CCCO1. The molecule has 1 aliphatic rings. The second-order valence-corrected chi connectivity index (χ2v) is 5.92. The Balaban J connectivity index is 1.96. The summed E-state index contributed by atoms with van der Waals surface area (Å²) in [5.41, 5.74) is 0.554. The first kappa shape index (κ1) is 13.3. The summed E-state index contributed by atoms with van der Waals surface area (Å²) in [6.07, 6.45) is 3.36. The molecule has 1 atom stereocenters. The molecule has 0 radical (unpaired) electrons. The molecule has 1 aromatic rings. The van der Waals surface area contributed by atoms with E-state index in [1.807, 2.05) is 0 Å². The fraction of sp³-hybridized carbons (Fsp3) is 0.500. The van der Waals surface area contributed by atoms with Gasteiger partial charge in [-0.15, -0.1) is 0 Å². The van der Waals surface area contributed by atoms with Crippen molar-refractivity contribution in [3.05, 3.63) is 24.3 Å². The van der Waals surface area contributed by atoms with E-state index in [-0.39, 0.29) is 4.90 Å². The van der Waals surface area contributed by atoms with Gasteiger partial charge < -0.3 is 10.1 Å². The van der Waals surface area contributed by atoms with E-state index in [2.05, 4.69) is 5.32 Å². The molecule has 1 aliphatic heterocycles. The van der Waals surface area contributed by atoms with Crippen LogP contribution >= 0.6 is 0 Å². The average molecular weight is 270 g/mol. The van der Waals surface area contributed by atoms with Crippen molar-refractivity contribution in [3.63, 3.8) is 0 Å². The predicted molar refractivity (Wildman–Crippen MR) is 69.9 cm³/mol. The Morgan fingerprint density at radius 1 is 1.39 bits per heavy atom. The summed E-state index contributed by atoms with van der Waals surface area (Å²) in [5.74, 6) is 0. The maximum absolute atomic E-state index is 11.4. The third kappa shape index (κ3) is 3.44. The molecule has 2 rings (SSSR count). The van der Waals surface area contributed by atoms with Crippen LogP contribution in [-0.2, 0) is 14.8 Å². The fourth-order valence-corrected chi connectivity index (χ4v) is 2.82. The molecule has 0 saturated carbocycles. The Hall–Kier alpha value is -1.11. The van der Waals surface area contributed by atoms with Gasteiger partial charge in [0.2, 0.25) is 10.0 Å². The summed E-state index contributed by atoms with van der Waals surface area (Å²) in [4.78, 5) is 0.136. The second-order valence-electron chi connectivity index (χ2n) is 4.39. The van der Waals surface area contributed by atoms with E-state index in [1.54, 1.807) is 18.2 Å². The molecule has 0 bridgehead atoms. The van der Waals surface area contributed by atoms with Gasteiger partial charge in [-0.05, 0) is 31.4 Å². The van der Waals surface area contributed by atoms with Gasteiger partial charge in [0, 0.05) is 13.2 Å². The Labute approximate surface area is 107 Å². The Morgan fingerprint density at radius 2 is 2.17 bits per heavy atom. The lowest BCUT2D eigenvalue weighted by Gasteiger charge is -2.13. The largest absolute Gasteiger partial charge is 0.384 e. The molecule has 100 valence electrons. The summed E-state index contributed by atoms with van der Waals surface area (Å²) in [6, 6.07) is 6.66. The predicted octanol–water partition coefficient (Wildman–Crippen LogP) is 1.31. The van der Waals surface area contributed by atoms with Crippen LogP contribution in [0.15, 0.2) is 29.2 Å². The number of nitrogens with two attached hydrogens (primary N) is 1. The number of para-hydroxylation sites is 1. The number of primary sulfonamides is 1. The number of benzene rings is 1. The lowest BCUT2D eigenvalue weighted by molar-refractivity contribution is 0.107. The summed E-state index contributed by atoms with van der Waals surface area (Å²) in [7, 11) is -3.68. The van der Waals surface area contributed by atoms with Crippen LogP contribution in [0.2, 0.25) is 0 Å². The van der Waals surface area contributed by atoms with Crippen molar-refractivity contribution >= 4 is 15.7 Å². The van der Waals surface area contributed by atoms with E-state index >= 15 is 0 Å². The van der Waals surface area contributed by atoms with E-state index in [1.165, 1.54) is 6.07 Å². The zero-order valence-corrected chi connectivity index (χ0v) is 10.9. The van der Waals surface area contributed by atoms with Gasteiger partial charge in [0.25, 0.3) is 0 Å². The van der Waals surface area contributed by atoms with Gasteiger partial charge in [-0.2, -0.15) is 0 Å². The van der Waals surface area contributed by atoms with Gasteiger partial charge in [0.05, 0.1) is 11.8 Å². The van der Waals surface area contributed by atoms with Crippen molar-refractivity contribution in [1.82, 2.24) is 0 Å². The Morgan fingerprint density at radius 3 is 2.83 bits per heavy atom. The summed E-state index contributed by atoms with van der Waals surface area (Å²) in [5, 5.41) is 8.27. The van der Waals surface area contributed by atoms with Crippen LogP contribution in [0.3, 0.4) is 0 Å². The van der Waals surface area contributed by atoms with Crippen molar-refractivity contribution in [1.29, 1.82) is 0 Å². The number of hydrogen-bond acceptors (Lipinski definition) is 4. The molecule has 0 aliphatic carbocycles. The normalized spacial score (nSPS) is 19.9. The molecule has 0 aromatic heterocycles. The number of hydrogen-bond donors (Lipinski definition) is 2. The van der Waals surface area contributed by atoms with E-state index < -0.39 is 10.0 Å². The van der Waals surface area contributed by atoms with Crippen molar-refractivity contribution in [2.24, 2.45) is 5.14 Å². The number of rotatable bonds is 5. The van der Waals surface area contributed by atoms with Crippen molar-refractivity contribution < 1.29 is 13.2 Å². The number of sulfonamides is 1. The van der Waals surface area contributed by atoms with E-state index in [4.69, 9.17) is 9.88 Å². The molecule has 1 heterocycles. The highest BCUT2D eigenvalue weighted by Crippen LogP contribution is 2.20. The minimum Gasteiger partial charge on any atom is -0.384 e. The fourth-order valence-electron chi connectivity index (χ4n) is 2.10. The van der Waals surface area contributed by atoms with Crippen LogP contribution < -0.4 is 10.5 Å². The van der Waals surface area contributed by atoms with Gasteiger partial charge in [-0.3, -0.25) is 0 Å². The van der Waals surface area contributed by atoms with Gasteiger partial charge in [-0.25, -0.2) is 13.6 Å². The van der Waals surface area contributed by atoms with E-state index in [0.29, 0.717) is 18.3 Å². The first-order chi connectivity index (χ1) is 8.57. The summed E-state index contributed by atoms with van der Waals surface area (Å²) >= 11 is 0. The third-order valence-electron chi connectivity index (χ3n) is 3.00. The van der Waals surface area contributed by atoms with Gasteiger partial charge in [-0.1, -0.05) is 12.1 Å². The minimum absolute atomic E-state index is 0.136. The van der Waals surface area contributed by atoms with Crippen molar-refractivity contribution in [2.75, 3.05) is 18.5 Å². The van der Waals surface area contributed by atoms with Gasteiger partial charge in [0.15, 0.2) is 0 Å². The van der Waals surface area contributed by atoms with E-state index in [0.717, 1.165) is 25.9 Å². The maximum Gasteiger partial charge on any atom is 0.240 e. The topological polar surface area (TPSA) is 81.4 Å². The highest BCUT2D eigenvalue weighted by atomic mass is 32.2. The third-order valence-corrected chi connectivity index (χ3v) is 3.97. The molecule has 1 fully saturated rings. The highest BCUT2D eigenvalue weighted by molar-refractivity contribution is 7.89. The molecule has 0 amide bonds. The molecule has 0 spiro atoms. The summed E-state index contributed by atoms with van der Waals surface area (Å²) in [6.45, 7) is 1.51. The first-order valence-electron chi connectivity index (χ1n) is 6.04. The molecule has 3 N–H and O–H groups in total. The lowest BCUT2D eigenvalue weighted by Crippen LogP contribution is -2.17. The molecular formula is C12H18N2O3S. The molecule has 5 nitrogen and oxygen atoms in total. The zero-order valence-electron chi connectivity index (χ0n) is 10.1. The monoisotopic (exact) mass is 270 g/mol. The van der Waals surface area contributed by atoms with Crippen molar-refractivity contribution in [2.45, 2.75) is 30.3 Å². The summed E-state index contributed by atoms with van der Waals surface area (Å²) < 4.78 is 28.3. The maximum atomic E-state index is 11.4. The number of ether oxygens (including phenoxy) is 1. The second kappa shape index (κ2) is 5.69. The Bertz CT molecular complexity index is 496. The van der Waals surface area contributed by atoms with Gasteiger partial charge >= 0.3 is 0 Å². The van der Waals surface area contributed by atoms with Crippen LogP contribution in [0, 0.1) is 0 Å². The van der Waals surface area contributed by atoms with Crippen LogP contribution in [0.25, 0.3) is 0 Å². The molecule has 1 saturated heterocycles. The molecule has 1 unspecified atom stereocenters. The standard InChI is InChI=1S/C12H18N2O3S/c13-18(15,16)12-6-2-1-5-11(12)14-8-7-10-4-3-9-17-10/h1-2,5-6,10,14H,3-4,7-9H2,(H2,13,15,16). The molecular weight excluding hydrogens is 252 g/mol. The smallest absolute Gasteiger partial charge is 0.240 e. The quantitative estimate of drug-likeness (QED) is 0.845. The van der Waals surface area contributed by atoms with Crippen LogP contribution in [0.5, 0.6) is 0 Å². The molecule has 1 aromatic carbocycles. The van der Waals surface area contributed by atoms with Crippen LogP contribution in [-0.4, -0.2) is 27.7 Å². The molecule has 18 heavy (non-hydrogen) atoms. The average Bonchev–Trinajstić information content (AvgIpc) is 2.81. The first-order valence-corrected chi connectivity index (χ1v) is 7.59. The highest BCUT2D eigenvalue weighted by Gasteiger charge is 2.16. The minimum atomic E-state index is -3.68. The number of anilines is 1. The number of nitrogens with one attached hydrogen (secondary N) is 1. The zero-order chi connectivity index (χ0) is 13.0. The lowest BCUT2D eigenvalue weighted by atomic mass is 10.2. The van der Waals surface area contributed by atoms with Crippen LogP contribution in [0.1, 0.15) is 19.3 Å². The van der Waals surface area contributed by atoms with E-state index in [9.17, 15) is 8.42 Å². The van der Waals surface area contributed by atoms with Crippen LogP contribution in [0.4, 0.5) is 5.69 Å². The van der Waals surface area contributed by atoms with Gasteiger partial charge in [0.1, 0.15) is 4.90 Å². The molecule has 6 heteroatoms. The van der Waals surface area contributed by atoms with Crippen molar-refractivity contribution in [3.8, 4) is 0 Å². The Kier molecular flexibility index (Phi) is 4.21.